The van der Waals surface area contributed by atoms with E-state index in [1.54, 1.807) is 0 Å². The van der Waals surface area contributed by atoms with Gasteiger partial charge in [-0.2, -0.15) is 0 Å². The molecule has 1 amide bonds. The SMILES string of the molecule is CCCCC(c1ccc(C(=O)N(CC)CC)cc1)c1cc(OCc2ccccc2)ccc1CCC. The van der Waals surface area contributed by atoms with Crippen LogP contribution in [0.15, 0.2) is 72.8 Å². The monoisotopic (exact) mass is 471 g/mol. The number of nitrogens with zero attached hydrogens (tertiary/aromatic N) is 1. The molecule has 1 atom stereocenters. The molecule has 0 aliphatic carbocycles. The van der Waals surface area contributed by atoms with Crippen LogP contribution in [0.2, 0.25) is 0 Å². The van der Waals surface area contributed by atoms with Crippen molar-refractivity contribution in [3.8, 4) is 5.75 Å². The van der Waals surface area contributed by atoms with Gasteiger partial charge in [-0.3, -0.25) is 4.79 Å². The van der Waals surface area contributed by atoms with Crippen LogP contribution in [0.25, 0.3) is 0 Å². The van der Waals surface area contributed by atoms with Gasteiger partial charge in [0.05, 0.1) is 0 Å². The van der Waals surface area contributed by atoms with Crippen molar-refractivity contribution < 1.29 is 9.53 Å². The lowest BCUT2D eigenvalue weighted by Gasteiger charge is -2.23. The highest BCUT2D eigenvalue weighted by Crippen LogP contribution is 2.35. The van der Waals surface area contributed by atoms with Gasteiger partial charge in [0.25, 0.3) is 5.91 Å². The summed E-state index contributed by atoms with van der Waals surface area (Å²) in [6.45, 7) is 10.6. The topological polar surface area (TPSA) is 29.5 Å². The van der Waals surface area contributed by atoms with Crippen LogP contribution in [-0.4, -0.2) is 23.9 Å². The van der Waals surface area contributed by atoms with Crippen LogP contribution in [0, 0.1) is 0 Å². The van der Waals surface area contributed by atoms with Gasteiger partial charge in [0.15, 0.2) is 0 Å². The van der Waals surface area contributed by atoms with Gasteiger partial charge in [0.2, 0.25) is 0 Å². The van der Waals surface area contributed by atoms with Crippen molar-refractivity contribution in [2.24, 2.45) is 0 Å². The van der Waals surface area contributed by atoms with E-state index in [-0.39, 0.29) is 11.8 Å². The first-order valence-corrected chi connectivity index (χ1v) is 13.3. The number of hydrogen-bond donors (Lipinski definition) is 0. The molecule has 0 fully saturated rings. The fourth-order valence-electron chi connectivity index (χ4n) is 4.69. The van der Waals surface area contributed by atoms with Gasteiger partial charge in [-0.15, -0.1) is 0 Å². The first-order valence-electron chi connectivity index (χ1n) is 13.3. The molecule has 3 aromatic rings. The number of ether oxygens (including phenoxy) is 1. The normalized spacial score (nSPS) is 11.8. The Labute approximate surface area is 212 Å². The Morgan fingerprint density at radius 1 is 0.857 bits per heavy atom. The number of unbranched alkanes of at least 4 members (excludes halogenated alkanes) is 1. The number of amides is 1. The molecule has 0 N–H and O–H groups in total. The molecule has 0 saturated heterocycles. The van der Waals surface area contributed by atoms with Crippen LogP contribution in [0.4, 0.5) is 0 Å². The maximum atomic E-state index is 12.8. The van der Waals surface area contributed by atoms with Crippen molar-refractivity contribution in [1.82, 2.24) is 4.90 Å². The molecule has 0 heterocycles. The quantitative estimate of drug-likeness (QED) is 0.252. The Hall–Kier alpha value is -3.07. The fourth-order valence-corrected chi connectivity index (χ4v) is 4.69. The molecule has 1 unspecified atom stereocenters. The van der Waals surface area contributed by atoms with Crippen molar-refractivity contribution >= 4 is 5.91 Å². The van der Waals surface area contributed by atoms with Crippen LogP contribution in [0.3, 0.4) is 0 Å². The van der Waals surface area contributed by atoms with Gasteiger partial charge >= 0.3 is 0 Å². The van der Waals surface area contributed by atoms with Gasteiger partial charge in [-0.05, 0) is 73.2 Å². The molecule has 3 nitrogen and oxygen atoms in total. The summed E-state index contributed by atoms with van der Waals surface area (Å²) < 4.78 is 6.21. The number of aryl methyl sites for hydroxylation is 1. The maximum Gasteiger partial charge on any atom is 0.253 e. The molecule has 0 saturated carbocycles. The molecule has 0 spiro atoms. The second kappa shape index (κ2) is 13.7. The second-order valence-electron chi connectivity index (χ2n) is 9.18. The van der Waals surface area contributed by atoms with Gasteiger partial charge < -0.3 is 9.64 Å². The zero-order chi connectivity index (χ0) is 25.0. The minimum Gasteiger partial charge on any atom is -0.489 e. The van der Waals surface area contributed by atoms with Crippen molar-refractivity contribution in [3.63, 3.8) is 0 Å². The van der Waals surface area contributed by atoms with Gasteiger partial charge in [0, 0.05) is 24.6 Å². The van der Waals surface area contributed by atoms with Crippen LogP contribution < -0.4 is 4.74 Å². The first kappa shape index (κ1) is 26.5. The number of rotatable bonds is 13. The third-order valence-electron chi connectivity index (χ3n) is 6.72. The smallest absolute Gasteiger partial charge is 0.253 e. The third kappa shape index (κ3) is 7.21. The average molecular weight is 472 g/mol. The minimum atomic E-state index is 0.106. The summed E-state index contributed by atoms with van der Waals surface area (Å²) in [5.74, 6) is 1.31. The van der Waals surface area contributed by atoms with Gasteiger partial charge in [-0.25, -0.2) is 0 Å². The molecule has 3 heteroatoms. The summed E-state index contributed by atoms with van der Waals surface area (Å²) in [6.07, 6.45) is 5.55. The lowest BCUT2D eigenvalue weighted by Crippen LogP contribution is -2.30. The van der Waals surface area contributed by atoms with Crippen LogP contribution in [0.5, 0.6) is 5.75 Å². The van der Waals surface area contributed by atoms with E-state index in [2.05, 4.69) is 56.3 Å². The summed E-state index contributed by atoms with van der Waals surface area (Å²) in [4.78, 5) is 14.7. The zero-order valence-electron chi connectivity index (χ0n) is 21.9. The number of hydrogen-bond acceptors (Lipinski definition) is 2. The van der Waals surface area contributed by atoms with Crippen LogP contribution in [0.1, 0.15) is 91.9 Å². The first-order chi connectivity index (χ1) is 17.1. The van der Waals surface area contributed by atoms with E-state index < -0.39 is 0 Å². The lowest BCUT2D eigenvalue weighted by molar-refractivity contribution is 0.0773. The Kier molecular flexibility index (Phi) is 10.4. The highest BCUT2D eigenvalue weighted by molar-refractivity contribution is 5.94. The molecule has 0 radical (unpaired) electrons. The average Bonchev–Trinajstić information content (AvgIpc) is 2.90. The Morgan fingerprint density at radius 2 is 1.57 bits per heavy atom. The fraction of sp³-hybridized carbons (Fsp3) is 0.406. The summed E-state index contributed by atoms with van der Waals surface area (Å²) in [6, 6.07) is 25.2. The molecular formula is C32H41NO2. The molecule has 3 aromatic carbocycles. The molecule has 186 valence electrons. The highest BCUT2D eigenvalue weighted by atomic mass is 16.5. The van der Waals surface area contributed by atoms with Crippen LogP contribution >= 0.6 is 0 Å². The van der Waals surface area contributed by atoms with Crippen molar-refractivity contribution in [3.05, 3.63) is 101 Å². The van der Waals surface area contributed by atoms with E-state index in [0.29, 0.717) is 6.61 Å². The third-order valence-corrected chi connectivity index (χ3v) is 6.72. The predicted octanol–water partition coefficient (Wildman–Crippen LogP) is 8.02. The molecule has 0 aliphatic rings. The highest BCUT2D eigenvalue weighted by Gasteiger charge is 2.20. The second-order valence-corrected chi connectivity index (χ2v) is 9.18. The Bertz CT molecular complexity index is 1040. The van der Waals surface area contributed by atoms with E-state index in [1.807, 2.05) is 49.1 Å². The van der Waals surface area contributed by atoms with Crippen molar-refractivity contribution in [1.29, 1.82) is 0 Å². The molecule has 35 heavy (non-hydrogen) atoms. The zero-order valence-corrected chi connectivity index (χ0v) is 21.9. The largest absolute Gasteiger partial charge is 0.489 e. The summed E-state index contributed by atoms with van der Waals surface area (Å²) in [7, 11) is 0. The standard InChI is InChI=1S/C32H41NO2/c1-5-9-16-30(27-17-19-28(20-18-27)32(34)33(7-3)8-4)31-23-29(22-21-26(31)13-6-2)35-24-25-14-11-10-12-15-25/h10-12,14-15,17-23,30H,5-9,13,16,24H2,1-4H3. The van der Waals surface area contributed by atoms with Gasteiger partial charge in [-0.1, -0.05) is 81.6 Å². The van der Waals surface area contributed by atoms with E-state index in [1.165, 1.54) is 22.3 Å². The predicted molar refractivity (Wildman–Crippen MR) is 146 cm³/mol. The summed E-state index contributed by atoms with van der Waals surface area (Å²) in [5, 5.41) is 0. The van der Waals surface area contributed by atoms with Crippen molar-refractivity contribution in [2.45, 2.75) is 72.3 Å². The van der Waals surface area contributed by atoms with E-state index in [9.17, 15) is 4.79 Å². The number of carbonyl (C=O) groups excluding carboxylic acids is 1. The van der Waals surface area contributed by atoms with E-state index in [0.717, 1.165) is 56.5 Å². The Balaban J connectivity index is 1.91. The number of benzene rings is 3. The summed E-state index contributed by atoms with van der Waals surface area (Å²) >= 11 is 0. The molecule has 0 bridgehead atoms. The summed E-state index contributed by atoms with van der Waals surface area (Å²) in [5.41, 5.74) is 5.95. The number of carbonyl (C=O) groups is 1. The Morgan fingerprint density at radius 3 is 2.20 bits per heavy atom. The molecule has 3 rings (SSSR count). The van der Waals surface area contributed by atoms with Crippen LogP contribution in [-0.2, 0) is 13.0 Å². The molecule has 0 aromatic heterocycles. The molecule has 0 aliphatic heterocycles. The molecular weight excluding hydrogens is 430 g/mol. The van der Waals surface area contributed by atoms with Gasteiger partial charge in [0.1, 0.15) is 12.4 Å². The lowest BCUT2D eigenvalue weighted by atomic mass is 9.83. The van der Waals surface area contributed by atoms with E-state index >= 15 is 0 Å². The van der Waals surface area contributed by atoms with Crippen molar-refractivity contribution in [2.75, 3.05) is 13.1 Å². The minimum absolute atomic E-state index is 0.106. The maximum absolute atomic E-state index is 12.8. The van der Waals surface area contributed by atoms with E-state index in [4.69, 9.17) is 4.74 Å².